The molecule has 2 saturated carbocycles. The van der Waals surface area contributed by atoms with Crippen LogP contribution in [0, 0.1) is 35.0 Å². The molecule has 2 aliphatic heterocycles. The third-order valence-electron chi connectivity index (χ3n) is 11.5. The first-order valence-electron chi connectivity index (χ1n) is 13.9. The molecule has 0 aromatic heterocycles. The van der Waals surface area contributed by atoms with Crippen molar-refractivity contribution >= 4 is 29.1 Å². The van der Waals surface area contributed by atoms with Crippen LogP contribution in [0.15, 0.2) is 22.8 Å². The van der Waals surface area contributed by atoms with Gasteiger partial charge in [0.05, 0.1) is 23.9 Å². The molecule has 6 aliphatic rings. The van der Waals surface area contributed by atoms with Crippen molar-refractivity contribution in [3.63, 3.8) is 0 Å². The number of amides is 1. The normalized spacial score (nSPS) is 49.0. The Morgan fingerprint density at radius 2 is 2.00 bits per heavy atom. The van der Waals surface area contributed by atoms with E-state index in [-0.39, 0.29) is 41.1 Å². The van der Waals surface area contributed by atoms with E-state index in [1.54, 1.807) is 5.57 Å². The minimum Gasteiger partial charge on any atom is -0.393 e. The Bertz CT molecular complexity index is 977. The number of hydrogen-bond acceptors (Lipinski definition) is 3. The molecule has 4 aliphatic carbocycles. The van der Waals surface area contributed by atoms with Crippen molar-refractivity contribution in [3.05, 3.63) is 22.8 Å². The first kappa shape index (κ1) is 24.8. The highest BCUT2D eigenvalue weighted by molar-refractivity contribution is 6.53. The first-order valence-corrected chi connectivity index (χ1v) is 14.8. The molecule has 194 valence electrons. The third kappa shape index (κ3) is 3.48. The summed E-state index contributed by atoms with van der Waals surface area (Å²) in [4.78, 5) is 13.9. The smallest absolute Gasteiger partial charge is 0.256 e. The molecule has 2 heterocycles. The zero-order valence-corrected chi connectivity index (χ0v) is 23.1. The fourth-order valence-corrected chi connectivity index (χ4v) is 9.95. The van der Waals surface area contributed by atoms with Crippen molar-refractivity contribution in [2.45, 2.75) is 108 Å². The number of carbonyl (C=O) groups excluding carboxylic acids is 1. The van der Waals surface area contributed by atoms with Crippen LogP contribution in [0.1, 0.15) is 79.1 Å². The molecule has 6 heteroatoms. The summed E-state index contributed by atoms with van der Waals surface area (Å²) < 4.78 is 7.07. The Morgan fingerprint density at radius 3 is 2.74 bits per heavy atom. The number of nitrogens with zero attached hydrogens (tertiary/aromatic N) is 1. The van der Waals surface area contributed by atoms with E-state index < -0.39 is 4.84 Å². The average Bonchev–Trinajstić information content (AvgIpc) is 3.33. The summed E-state index contributed by atoms with van der Waals surface area (Å²) >= 11 is 12.2. The quantitative estimate of drug-likeness (QED) is 0.337. The predicted octanol–water partition coefficient (Wildman–Crippen LogP) is 6.04. The van der Waals surface area contributed by atoms with Crippen LogP contribution in [-0.2, 0) is 9.53 Å². The Hall–Kier alpha value is -0.550. The number of rotatable bonds is 1. The van der Waals surface area contributed by atoms with Crippen LogP contribution in [0.2, 0.25) is 0 Å². The Morgan fingerprint density at radius 1 is 1.23 bits per heavy atom. The first-order chi connectivity index (χ1) is 16.6. The zero-order chi connectivity index (χ0) is 24.9. The summed E-state index contributed by atoms with van der Waals surface area (Å²) in [5.41, 5.74) is 4.56. The number of fused-ring (bicyclic) bond motifs is 6. The second kappa shape index (κ2) is 8.48. The fourth-order valence-electron chi connectivity index (χ4n) is 9.70. The van der Waals surface area contributed by atoms with Gasteiger partial charge in [0.1, 0.15) is 0 Å². The van der Waals surface area contributed by atoms with E-state index >= 15 is 0 Å². The highest BCUT2D eigenvalue weighted by Crippen LogP contribution is 2.65. The van der Waals surface area contributed by atoms with Gasteiger partial charge in [-0.2, -0.15) is 0 Å². The maximum Gasteiger partial charge on any atom is 0.256 e. The lowest BCUT2D eigenvalue weighted by atomic mass is 9.56. The van der Waals surface area contributed by atoms with Crippen LogP contribution in [0.4, 0.5) is 0 Å². The highest BCUT2D eigenvalue weighted by atomic mass is 35.5. The van der Waals surface area contributed by atoms with Gasteiger partial charge in [-0.25, -0.2) is 0 Å². The molecule has 0 unspecified atom stereocenters. The second-order valence-corrected chi connectivity index (χ2v) is 14.1. The van der Waals surface area contributed by atoms with Crippen molar-refractivity contribution in [2.24, 2.45) is 35.0 Å². The number of carbonyl (C=O) groups is 1. The van der Waals surface area contributed by atoms with E-state index in [1.165, 1.54) is 24.0 Å². The van der Waals surface area contributed by atoms with Gasteiger partial charge in [-0.1, -0.05) is 61.2 Å². The zero-order valence-electron chi connectivity index (χ0n) is 21.6. The van der Waals surface area contributed by atoms with Gasteiger partial charge < -0.3 is 14.7 Å². The second-order valence-electron chi connectivity index (χ2n) is 13.0. The van der Waals surface area contributed by atoms with Crippen molar-refractivity contribution in [2.75, 3.05) is 6.54 Å². The summed E-state index contributed by atoms with van der Waals surface area (Å²) in [7, 11) is 0. The van der Waals surface area contributed by atoms with Gasteiger partial charge in [0.25, 0.3) is 5.91 Å². The van der Waals surface area contributed by atoms with Crippen molar-refractivity contribution in [1.29, 1.82) is 0 Å². The molecule has 1 amide bonds. The lowest BCUT2D eigenvalue weighted by Gasteiger charge is -2.49. The largest absolute Gasteiger partial charge is 0.393 e. The molecule has 0 aromatic carbocycles. The van der Waals surface area contributed by atoms with Gasteiger partial charge in [0.15, 0.2) is 4.84 Å². The van der Waals surface area contributed by atoms with Crippen LogP contribution in [0.5, 0.6) is 0 Å². The van der Waals surface area contributed by atoms with Gasteiger partial charge >= 0.3 is 0 Å². The van der Waals surface area contributed by atoms with Gasteiger partial charge in [-0.05, 0) is 93.0 Å². The number of alkyl halides is 2. The fraction of sp³-hybridized carbons (Fsp3) is 0.828. The summed E-state index contributed by atoms with van der Waals surface area (Å²) in [5.74, 6) is 2.47. The molecular weight excluding hydrogens is 481 g/mol. The van der Waals surface area contributed by atoms with E-state index in [0.29, 0.717) is 30.2 Å². The minimum atomic E-state index is -1.02. The standard InChI is InChI=1S/C29H41Cl2NO3/c1-15-11-24-25(32(14-15)27(34)26(30)31)17(3)29(35-24)10-8-20-21-6-5-18-12-19(33)7-9-28(18,4)23(21)13-22(20)16(29)2/h5,15,17,19-21,23-26,33H,6-14H2,1-4H3/t15-,17+,19-,20-,21-,23-,24+,25-,28-,29-/m0/s1. The molecule has 2 saturated heterocycles. The molecule has 10 atom stereocenters. The maximum absolute atomic E-state index is 13.0. The predicted molar refractivity (Wildman–Crippen MR) is 139 cm³/mol. The third-order valence-corrected chi connectivity index (χ3v) is 11.8. The van der Waals surface area contributed by atoms with Gasteiger partial charge in [-0.15, -0.1) is 0 Å². The van der Waals surface area contributed by atoms with Crippen LogP contribution in [0.25, 0.3) is 0 Å². The van der Waals surface area contributed by atoms with E-state index in [0.717, 1.165) is 38.5 Å². The maximum atomic E-state index is 13.0. The molecular formula is C29H41Cl2NO3. The summed E-state index contributed by atoms with van der Waals surface area (Å²) in [6.07, 6.45) is 10.8. The summed E-state index contributed by atoms with van der Waals surface area (Å²) in [5, 5.41) is 10.3. The van der Waals surface area contributed by atoms with Crippen LogP contribution < -0.4 is 0 Å². The Balaban J connectivity index is 1.33. The van der Waals surface area contributed by atoms with Crippen molar-refractivity contribution in [1.82, 2.24) is 4.90 Å². The van der Waals surface area contributed by atoms with E-state index in [2.05, 4.69) is 33.8 Å². The van der Waals surface area contributed by atoms with Crippen LogP contribution >= 0.6 is 23.2 Å². The monoisotopic (exact) mass is 521 g/mol. The van der Waals surface area contributed by atoms with Crippen molar-refractivity contribution < 1.29 is 14.6 Å². The molecule has 1 spiro atoms. The van der Waals surface area contributed by atoms with E-state index in [9.17, 15) is 9.90 Å². The summed E-state index contributed by atoms with van der Waals surface area (Å²) in [6.45, 7) is 10.0. The average molecular weight is 523 g/mol. The SMILES string of the molecule is CC1=C2C[C@H]3[C@@H](CC=C4C[C@@H](O)CC[C@@]43C)[C@@H]2CC[C@]12O[C@@H]1C[C@H](C)CN(C(=O)C(Cl)Cl)[C@H]1[C@H]2C. The lowest BCUT2D eigenvalue weighted by molar-refractivity contribution is -0.137. The molecule has 4 nitrogen and oxygen atoms in total. The number of allylic oxidation sites excluding steroid dienone is 2. The highest BCUT2D eigenvalue weighted by Gasteiger charge is 2.62. The lowest BCUT2D eigenvalue weighted by Crippen LogP contribution is -2.55. The topological polar surface area (TPSA) is 49.8 Å². The van der Waals surface area contributed by atoms with Crippen LogP contribution in [0.3, 0.4) is 0 Å². The van der Waals surface area contributed by atoms with Crippen molar-refractivity contribution in [3.8, 4) is 0 Å². The van der Waals surface area contributed by atoms with Crippen LogP contribution in [-0.4, -0.2) is 51.1 Å². The number of hydrogen-bond donors (Lipinski definition) is 1. The number of ether oxygens (including phenoxy) is 1. The molecule has 35 heavy (non-hydrogen) atoms. The molecule has 0 aromatic rings. The van der Waals surface area contributed by atoms with Gasteiger partial charge in [0, 0.05) is 12.5 Å². The number of piperidine rings is 1. The molecule has 0 bridgehead atoms. The Labute approximate surface area is 220 Å². The molecule has 1 N–H and O–H groups in total. The number of likely N-dealkylation sites (tertiary alicyclic amines) is 1. The number of halogens is 2. The van der Waals surface area contributed by atoms with Gasteiger partial charge in [-0.3, -0.25) is 4.79 Å². The van der Waals surface area contributed by atoms with E-state index in [4.69, 9.17) is 27.9 Å². The molecule has 6 rings (SSSR count). The summed E-state index contributed by atoms with van der Waals surface area (Å²) in [6, 6.07) is 0.0418. The van der Waals surface area contributed by atoms with E-state index in [1.807, 2.05) is 4.90 Å². The Kier molecular flexibility index (Phi) is 6.00. The molecule has 4 fully saturated rings. The number of aliphatic hydroxyl groups excluding tert-OH is 1. The molecule has 0 radical (unpaired) electrons. The number of aliphatic hydroxyl groups is 1. The van der Waals surface area contributed by atoms with Gasteiger partial charge in [0.2, 0.25) is 0 Å². The minimum absolute atomic E-state index is 0.0418.